The molecule has 0 saturated heterocycles. The molecule has 0 bridgehead atoms. The molecule has 1 N–H and O–H groups in total. The highest BCUT2D eigenvalue weighted by atomic mass is 15.3. The summed E-state index contributed by atoms with van der Waals surface area (Å²) in [6.07, 6.45) is 1.83. The number of aryl methyl sites for hydroxylation is 3. The van der Waals surface area contributed by atoms with Crippen molar-refractivity contribution in [2.45, 2.75) is 48.1 Å². The van der Waals surface area contributed by atoms with Gasteiger partial charge in [-0.25, -0.2) is 15.4 Å². The van der Waals surface area contributed by atoms with Gasteiger partial charge < -0.3 is 4.57 Å². The van der Waals surface area contributed by atoms with Crippen LogP contribution in [0.3, 0.4) is 0 Å². The Morgan fingerprint density at radius 2 is 1.77 bits per heavy atom. The van der Waals surface area contributed by atoms with Crippen molar-refractivity contribution >= 4 is 12.2 Å². The number of anilines is 1. The molecule has 5 heteroatoms. The molecule has 2 heterocycles. The van der Waals surface area contributed by atoms with Crippen LogP contribution in [0.2, 0.25) is 0 Å². The Hall–Kier alpha value is -2.17. The molecule has 0 aromatic carbocycles. The van der Waals surface area contributed by atoms with Crippen LogP contribution in [0.5, 0.6) is 0 Å². The largest absolute Gasteiger partial charge is 0.348 e. The molecule has 2 aromatic heterocycles. The molecular weight excluding hydrogens is 274 g/mol. The van der Waals surface area contributed by atoms with Crippen molar-refractivity contribution in [2.75, 3.05) is 5.43 Å². The molecule has 0 atom stereocenters. The van der Waals surface area contributed by atoms with E-state index in [2.05, 4.69) is 58.8 Å². The molecule has 0 aliphatic heterocycles. The fourth-order valence-electron chi connectivity index (χ4n) is 2.54. The number of rotatable bonds is 5. The molecule has 0 aliphatic carbocycles. The Labute approximate surface area is 132 Å². The fraction of sp³-hybridized carbons (Fsp3) is 0.471. The molecular formula is C17H25N5. The Bertz CT molecular complexity index is 662. The minimum atomic E-state index is 0.532. The van der Waals surface area contributed by atoms with Crippen molar-refractivity contribution in [2.24, 2.45) is 11.0 Å². The molecule has 0 fully saturated rings. The zero-order valence-electron chi connectivity index (χ0n) is 14.3. The summed E-state index contributed by atoms with van der Waals surface area (Å²) in [4.78, 5) is 8.62. The lowest BCUT2D eigenvalue weighted by molar-refractivity contribution is 0.509. The minimum absolute atomic E-state index is 0.532. The van der Waals surface area contributed by atoms with Crippen LogP contribution >= 0.6 is 0 Å². The van der Waals surface area contributed by atoms with E-state index in [-0.39, 0.29) is 0 Å². The molecule has 0 unspecified atom stereocenters. The van der Waals surface area contributed by atoms with Gasteiger partial charge >= 0.3 is 0 Å². The zero-order valence-corrected chi connectivity index (χ0v) is 14.3. The summed E-state index contributed by atoms with van der Waals surface area (Å²) in [5, 5.41) is 4.28. The fourth-order valence-corrected chi connectivity index (χ4v) is 2.54. The van der Waals surface area contributed by atoms with Gasteiger partial charge in [0.05, 0.1) is 6.21 Å². The average Bonchev–Trinajstić information content (AvgIpc) is 2.65. The maximum atomic E-state index is 4.31. The Morgan fingerprint density at radius 3 is 2.36 bits per heavy atom. The maximum Gasteiger partial charge on any atom is 0.243 e. The van der Waals surface area contributed by atoms with E-state index >= 15 is 0 Å². The minimum Gasteiger partial charge on any atom is -0.348 e. The highest BCUT2D eigenvalue weighted by molar-refractivity contribution is 5.82. The van der Waals surface area contributed by atoms with Gasteiger partial charge in [0.15, 0.2) is 0 Å². The van der Waals surface area contributed by atoms with Crippen molar-refractivity contribution in [3.8, 4) is 0 Å². The molecule has 0 amide bonds. The third-order valence-electron chi connectivity index (χ3n) is 3.51. The van der Waals surface area contributed by atoms with E-state index in [1.165, 1.54) is 11.4 Å². The van der Waals surface area contributed by atoms with E-state index < -0.39 is 0 Å². The highest BCUT2D eigenvalue weighted by Crippen LogP contribution is 2.15. The molecule has 0 radical (unpaired) electrons. The van der Waals surface area contributed by atoms with Crippen molar-refractivity contribution in [1.29, 1.82) is 0 Å². The van der Waals surface area contributed by atoms with Gasteiger partial charge in [-0.2, -0.15) is 5.10 Å². The first kappa shape index (κ1) is 16.2. The van der Waals surface area contributed by atoms with Crippen molar-refractivity contribution in [3.63, 3.8) is 0 Å². The predicted molar refractivity (Wildman–Crippen MR) is 91.5 cm³/mol. The summed E-state index contributed by atoms with van der Waals surface area (Å²) in [5.41, 5.74) is 8.39. The second-order valence-corrected chi connectivity index (χ2v) is 6.18. The lowest BCUT2D eigenvalue weighted by Gasteiger charge is -2.11. The molecule has 2 rings (SSSR count). The number of nitrogens with zero attached hydrogens (tertiary/aromatic N) is 4. The topological polar surface area (TPSA) is 55.1 Å². The van der Waals surface area contributed by atoms with E-state index in [4.69, 9.17) is 0 Å². The lowest BCUT2D eigenvalue weighted by Crippen LogP contribution is -2.08. The molecule has 2 aromatic rings. The predicted octanol–water partition coefficient (Wildman–Crippen LogP) is 3.61. The van der Waals surface area contributed by atoms with Gasteiger partial charge in [-0.15, -0.1) is 0 Å². The van der Waals surface area contributed by atoms with Crippen LogP contribution in [-0.4, -0.2) is 20.7 Å². The summed E-state index contributed by atoms with van der Waals surface area (Å²) in [7, 11) is 0. The van der Waals surface area contributed by atoms with Crippen LogP contribution in [0.15, 0.2) is 17.2 Å². The van der Waals surface area contributed by atoms with Crippen LogP contribution in [-0.2, 0) is 6.54 Å². The Balaban J connectivity index is 2.13. The first-order chi connectivity index (χ1) is 10.4. The second kappa shape index (κ2) is 6.73. The van der Waals surface area contributed by atoms with Gasteiger partial charge in [0.2, 0.25) is 5.95 Å². The van der Waals surface area contributed by atoms with Crippen LogP contribution in [0.4, 0.5) is 5.95 Å². The second-order valence-electron chi connectivity index (χ2n) is 6.18. The summed E-state index contributed by atoms with van der Waals surface area (Å²) >= 11 is 0. The van der Waals surface area contributed by atoms with Gasteiger partial charge in [0.25, 0.3) is 0 Å². The van der Waals surface area contributed by atoms with Gasteiger partial charge in [-0.05, 0) is 45.7 Å². The normalized spacial score (nSPS) is 11.6. The smallest absolute Gasteiger partial charge is 0.243 e. The van der Waals surface area contributed by atoms with E-state index in [0.29, 0.717) is 11.9 Å². The molecule has 22 heavy (non-hydrogen) atoms. The quantitative estimate of drug-likeness (QED) is 0.678. The van der Waals surface area contributed by atoms with Crippen molar-refractivity contribution in [1.82, 2.24) is 14.5 Å². The lowest BCUT2D eigenvalue weighted by atomic mass is 10.2. The maximum absolute atomic E-state index is 4.31. The highest BCUT2D eigenvalue weighted by Gasteiger charge is 2.08. The first-order valence-corrected chi connectivity index (χ1v) is 7.65. The number of hydrogen-bond acceptors (Lipinski definition) is 4. The molecule has 118 valence electrons. The van der Waals surface area contributed by atoms with Crippen LogP contribution < -0.4 is 5.43 Å². The zero-order chi connectivity index (χ0) is 16.3. The third-order valence-corrected chi connectivity index (χ3v) is 3.51. The van der Waals surface area contributed by atoms with Gasteiger partial charge in [0, 0.05) is 34.9 Å². The number of hydrazone groups is 1. The van der Waals surface area contributed by atoms with Crippen molar-refractivity contribution in [3.05, 3.63) is 40.5 Å². The number of hydrogen-bond donors (Lipinski definition) is 1. The van der Waals surface area contributed by atoms with E-state index in [1.54, 1.807) is 0 Å². The third kappa shape index (κ3) is 3.93. The average molecular weight is 299 g/mol. The molecule has 0 aliphatic rings. The number of aromatic nitrogens is 3. The van der Waals surface area contributed by atoms with Crippen molar-refractivity contribution < 1.29 is 0 Å². The molecule has 0 saturated carbocycles. The first-order valence-electron chi connectivity index (χ1n) is 7.65. The summed E-state index contributed by atoms with van der Waals surface area (Å²) in [6, 6.07) is 4.10. The molecule has 0 spiro atoms. The SMILES string of the molecule is Cc1cc(C)nc(N/N=C/c2cc(C)n(CC(C)C)c2C)n1. The number of nitrogens with one attached hydrogen (secondary N) is 1. The van der Waals surface area contributed by atoms with E-state index in [9.17, 15) is 0 Å². The van der Waals surface area contributed by atoms with Crippen LogP contribution in [0.1, 0.15) is 42.2 Å². The monoisotopic (exact) mass is 299 g/mol. The molecule has 5 nitrogen and oxygen atoms in total. The van der Waals surface area contributed by atoms with E-state index in [0.717, 1.165) is 23.5 Å². The van der Waals surface area contributed by atoms with Gasteiger partial charge in [-0.1, -0.05) is 13.8 Å². The summed E-state index contributed by atoms with van der Waals surface area (Å²) < 4.78 is 2.33. The Kier molecular flexibility index (Phi) is 4.96. The Morgan fingerprint density at radius 1 is 1.14 bits per heavy atom. The standard InChI is InChI=1S/C17H25N5/c1-11(2)10-22-14(5)8-16(15(22)6)9-18-21-17-19-12(3)7-13(4)20-17/h7-9,11H,10H2,1-6H3,(H,19,20,21)/b18-9+. The summed E-state index contributed by atoms with van der Waals surface area (Å²) in [6.45, 7) is 13.6. The van der Waals surface area contributed by atoms with Crippen LogP contribution in [0.25, 0.3) is 0 Å². The summed E-state index contributed by atoms with van der Waals surface area (Å²) in [5.74, 6) is 1.15. The van der Waals surface area contributed by atoms with Gasteiger partial charge in [0.1, 0.15) is 0 Å². The van der Waals surface area contributed by atoms with Gasteiger partial charge in [-0.3, -0.25) is 0 Å². The van der Waals surface area contributed by atoms with E-state index in [1.807, 2.05) is 26.1 Å². The van der Waals surface area contributed by atoms with Crippen LogP contribution in [0, 0.1) is 33.6 Å².